The highest BCUT2D eigenvalue weighted by Gasteiger charge is 2.38. The molecule has 0 saturated heterocycles. The van der Waals surface area contributed by atoms with Crippen LogP contribution in [-0.2, 0) is 6.54 Å². The monoisotopic (exact) mass is 304 g/mol. The lowest BCUT2D eigenvalue weighted by Gasteiger charge is -2.29. The quantitative estimate of drug-likeness (QED) is 0.926. The Morgan fingerprint density at radius 3 is 2.74 bits per heavy atom. The van der Waals surface area contributed by atoms with Gasteiger partial charge in [0.15, 0.2) is 0 Å². The van der Waals surface area contributed by atoms with Gasteiger partial charge in [-0.05, 0) is 17.7 Å². The molecule has 0 spiro atoms. The fraction of sp³-hybridized carbons (Fsp3) is 0.111. The molecular formula is C18H16N4O. The summed E-state index contributed by atoms with van der Waals surface area (Å²) in [7, 11) is 0. The van der Waals surface area contributed by atoms with E-state index in [4.69, 9.17) is 0 Å². The van der Waals surface area contributed by atoms with Crippen molar-refractivity contribution in [3.63, 3.8) is 0 Å². The van der Waals surface area contributed by atoms with E-state index < -0.39 is 0 Å². The molecular weight excluding hydrogens is 288 g/mol. The standard InChI is InChI=1S/C18H16N4O/c23-18(19-13-14-7-2-1-3-8-14)21-16-10-5-4-9-15(16)17-11-6-12-20-22(17)21/h1-12,17H,13H2,(H,19,23). The average molecular weight is 304 g/mol. The summed E-state index contributed by atoms with van der Waals surface area (Å²) >= 11 is 0. The van der Waals surface area contributed by atoms with Crippen molar-refractivity contribution in [2.45, 2.75) is 12.6 Å². The van der Waals surface area contributed by atoms with Gasteiger partial charge in [-0.25, -0.2) is 4.79 Å². The van der Waals surface area contributed by atoms with Crippen LogP contribution in [0.1, 0.15) is 17.2 Å². The normalized spacial score (nSPS) is 17.8. The van der Waals surface area contributed by atoms with Crippen molar-refractivity contribution in [2.75, 3.05) is 5.01 Å². The van der Waals surface area contributed by atoms with Gasteiger partial charge in [0.2, 0.25) is 0 Å². The molecule has 4 rings (SSSR count). The van der Waals surface area contributed by atoms with Gasteiger partial charge < -0.3 is 5.32 Å². The number of urea groups is 1. The first-order valence-corrected chi connectivity index (χ1v) is 7.55. The number of anilines is 1. The Balaban J connectivity index is 1.59. The largest absolute Gasteiger partial charge is 0.342 e. The summed E-state index contributed by atoms with van der Waals surface area (Å²) in [6, 6.07) is 17.5. The van der Waals surface area contributed by atoms with E-state index in [2.05, 4.69) is 10.4 Å². The van der Waals surface area contributed by atoms with E-state index >= 15 is 0 Å². The molecule has 114 valence electrons. The van der Waals surface area contributed by atoms with Crippen molar-refractivity contribution in [3.05, 3.63) is 77.9 Å². The molecule has 2 heterocycles. The SMILES string of the molecule is O=C(NCc1ccccc1)N1c2ccccc2C2C=CC=NN21. The van der Waals surface area contributed by atoms with Gasteiger partial charge in [-0.2, -0.15) is 15.2 Å². The number of benzene rings is 2. The van der Waals surface area contributed by atoms with E-state index in [0.29, 0.717) is 6.54 Å². The Kier molecular flexibility index (Phi) is 3.31. The van der Waals surface area contributed by atoms with Crippen LogP contribution in [0.15, 0.2) is 71.9 Å². The molecule has 0 radical (unpaired) electrons. The average Bonchev–Trinajstić information content (AvgIpc) is 2.95. The minimum absolute atomic E-state index is 0.0290. The Morgan fingerprint density at radius 2 is 1.87 bits per heavy atom. The fourth-order valence-electron chi connectivity index (χ4n) is 2.91. The smallest absolute Gasteiger partial charge is 0.332 e. The van der Waals surface area contributed by atoms with Gasteiger partial charge in [0, 0.05) is 18.3 Å². The Bertz CT molecular complexity index is 785. The van der Waals surface area contributed by atoms with Crippen LogP contribution in [0.2, 0.25) is 0 Å². The first-order valence-electron chi connectivity index (χ1n) is 7.55. The molecule has 0 fully saturated rings. The topological polar surface area (TPSA) is 47.9 Å². The maximum atomic E-state index is 12.7. The van der Waals surface area contributed by atoms with E-state index in [0.717, 1.165) is 16.8 Å². The number of nitrogens with one attached hydrogen (secondary N) is 1. The minimum atomic E-state index is -0.184. The number of amides is 2. The van der Waals surface area contributed by atoms with Gasteiger partial charge in [0.05, 0.1) is 5.69 Å². The number of nitrogens with zero attached hydrogens (tertiary/aromatic N) is 3. The third kappa shape index (κ3) is 2.36. The molecule has 0 aromatic heterocycles. The summed E-state index contributed by atoms with van der Waals surface area (Å²) in [5.74, 6) is 0. The van der Waals surface area contributed by atoms with E-state index in [9.17, 15) is 4.79 Å². The number of hydrazine groups is 1. The molecule has 5 heteroatoms. The zero-order valence-corrected chi connectivity index (χ0v) is 12.5. The first-order chi connectivity index (χ1) is 11.3. The highest BCUT2D eigenvalue weighted by molar-refractivity contribution is 5.94. The highest BCUT2D eigenvalue weighted by Crippen LogP contribution is 2.41. The molecule has 23 heavy (non-hydrogen) atoms. The number of para-hydroxylation sites is 1. The van der Waals surface area contributed by atoms with Gasteiger partial charge in [0.25, 0.3) is 0 Å². The van der Waals surface area contributed by atoms with Crippen molar-refractivity contribution in [3.8, 4) is 0 Å². The maximum Gasteiger partial charge on any atom is 0.342 e. The number of hydrogen-bond acceptors (Lipinski definition) is 3. The lowest BCUT2D eigenvalue weighted by molar-refractivity contribution is 0.206. The lowest BCUT2D eigenvalue weighted by Crippen LogP contribution is -2.46. The first kappa shape index (κ1) is 13.6. The van der Waals surface area contributed by atoms with Crippen LogP contribution in [0.4, 0.5) is 10.5 Å². The van der Waals surface area contributed by atoms with Crippen LogP contribution in [-0.4, -0.2) is 17.4 Å². The summed E-state index contributed by atoms with van der Waals surface area (Å²) in [4.78, 5) is 12.7. The number of hydrazone groups is 1. The van der Waals surface area contributed by atoms with Crippen molar-refractivity contribution in [1.82, 2.24) is 10.4 Å². The second kappa shape index (κ2) is 5.61. The summed E-state index contributed by atoms with van der Waals surface area (Å²) in [5.41, 5.74) is 3.01. The van der Waals surface area contributed by atoms with Gasteiger partial charge >= 0.3 is 6.03 Å². The van der Waals surface area contributed by atoms with Gasteiger partial charge in [0.1, 0.15) is 6.04 Å². The Morgan fingerprint density at radius 1 is 1.09 bits per heavy atom. The molecule has 5 nitrogen and oxygen atoms in total. The van der Waals surface area contributed by atoms with E-state index in [1.807, 2.05) is 66.7 Å². The fourth-order valence-corrected chi connectivity index (χ4v) is 2.91. The summed E-state index contributed by atoms with van der Waals surface area (Å²) in [5, 5.41) is 10.6. The molecule has 0 bridgehead atoms. The summed E-state index contributed by atoms with van der Waals surface area (Å²) in [6.45, 7) is 0.483. The van der Waals surface area contributed by atoms with Crippen LogP contribution >= 0.6 is 0 Å². The Hall–Kier alpha value is -3.08. The molecule has 0 saturated carbocycles. The second-order valence-electron chi connectivity index (χ2n) is 5.43. The Labute approximate surface area is 134 Å². The number of rotatable bonds is 2. The maximum absolute atomic E-state index is 12.7. The van der Waals surface area contributed by atoms with Crippen molar-refractivity contribution in [2.24, 2.45) is 5.10 Å². The van der Waals surface area contributed by atoms with E-state index in [-0.39, 0.29) is 12.1 Å². The zero-order valence-electron chi connectivity index (χ0n) is 12.5. The molecule has 2 amide bonds. The predicted octanol–water partition coefficient (Wildman–Crippen LogP) is 3.23. The van der Waals surface area contributed by atoms with Gasteiger partial charge in [-0.1, -0.05) is 54.6 Å². The molecule has 2 aliphatic rings. The molecule has 1 atom stereocenters. The number of carbonyl (C=O) groups excluding carboxylic acids is 1. The van der Waals surface area contributed by atoms with Gasteiger partial charge in [-0.3, -0.25) is 0 Å². The van der Waals surface area contributed by atoms with Crippen molar-refractivity contribution < 1.29 is 4.79 Å². The minimum Gasteiger partial charge on any atom is -0.332 e. The number of carbonyl (C=O) groups is 1. The van der Waals surface area contributed by atoms with Crippen LogP contribution in [0, 0.1) is 0 Å². The summed E-state index contributed by atoms with van der Waals surface area (Å²) < 4.78 is 0. The van der Waals surface area contributed by atoms with Crippen LogP contribution in [0.3, 0.4) is 0 Å². The highest BCUT2D eigenvalue weighted by atomic mass is 16.2. The molecule has 2 aromatic carbocycles. The number of hydrogen-bond donors (Lipinski definition) is 1. The molecule has 2 aliphatic heterocycles. The third-order valence-electron chi connectivity index (χ3n) is 3.98. The zero-order chi connectivity index (χ0) is 15.6. The molecule has 1 N–H and O–H groups in total. The van der Waals surface area contributed by atoms with Gasteiger partial charge in [-0.15, -0.1) is 0 Å². The molecule has 2 aromatic rings. The molecule has 0 aliphatic carbocycles. The number of fused-ring (bicyclic) bond motifs is 3. The van der Waals surface area contributed by atoms with Crippen molar-refractivity contribution >= 4 is 17.9 Å². The van der Waals surface area contributed by atoms with Crippen LogP contribution in [0.5, 0.6) is 0 Å². The summed E-state index contributed by atoms with van der Waals surface area (Å²) in [6.07, 6.45) is 5.64. The third-order valence-corrected chi connectivity index (χ3v) is 3.98. The molecule has 1 unspecified atom stereocenters. The lowest BCUT2D eigenvalue weighted by atomic mass is 10.1. The van der Waals surface area contributed by atoms with E-state index in [1.54, 1.807) is 16.3 Å². The number of allylic oxidation sites excluding steroid dienone is 1. The van der Waals surface area contributed by atoms with Crippen LogP contribution in [0.25, 0.3) is 0 Å². The van der Waals surface area contributed by atoms with E-state index in [1.165, 1.54) is 0 Å². The van der Waals surface area contributed by atoms with Crippen molar-refractivity contribution in [1.29, 1.82) is 0 Å². The second-order valence-corrected chi connectivity index (χ2v) is 5.43. The predicted molar refractivity (Wildman–Crippen MR) is 89.8 cm³/mol. The van der Waals surface area contributed by atoms with Crippen LogP contribution < -0.4 is 10.3 Å².